The predicted molar refractivity (Wildman–Crippen MR) is 83.1 cm³/mol. The van der Waals surface area contributed by atoms with Gasteiger partial charge in [-0.25, -0.2) is 0 Å². The fraction of sp³-hybridized carbons (Fsp3) is 0.333. The van der Waals surface area contributed by atoms with Crippen LogP contribution in [-0.2, 0) is 20.7 Å². The van der Waals surface area contributed by atoms with Gasteiger partial charge in [-0.15, -0.1) is 0 Å². The van der Waals surface area contributed by atoms with Gasteiger partial charge in [-0.3, -0.25) is 9.59 Å². The summed E-state index contributed by atoms with van der Waals surface area (Å²) in [5, 5.41) is 2.25. The van der Waals surface area contributed by atoms with Crippen LogP contribution in [0.4, 0.5) is 0 Å². The molecule has 0 amide bonds. The number of esters is 1. The molecule has 2 aromatic carbocycles. The molecule has 0 aliphatic rings. The van der Waals surface area contributed by atoms with E-state index in [0.717, 1.165) is 16.3 Å². The van der Waals surface area contributed by atoms with Gasteiger partial charge in [-0.1, -0.05) is 49.4 Å². The van der Waals surface area contributed by atoms with Crippen molar-refractivity contribution in [3.05, 3.63) is 48.0 Å². The molecule has 21 heavy (non-hydrogen) atoms. The van der Waals surface area contributed by atoms with Crippen molar-refractivity contribution in [3.8, 4) is 0 Å². The van der Waals surface area contributed by atoms with Crippen molar-refractivity contribution < 1.29 is 14.3 Å². The molecule has 0 spiro atoms. The molecular weight excluding hydrogens is 264 g/mol. The number of carbonyl (C=O) groups excluding carboxylic acids is 2. The average Bonchev–Trinajstić information content (AvgIpc) is 2.48. The van der Waals surface area contributed by atoms with Gasteiger partial charge in [0, 0.05) is 6.42 Å². The van der Waals surface area contributed by atoms with Crippen molar-refractivity contribution in [1.82, 2.24) is 0 Å². The number of ketones is 1. The summed E-state index contributed by atoms with van der Waals surface area (Å²) in [6.07, 6.45) is 0.743. The molecule has 0 aliphatic heterocycles. The zero-order valence-electron chi connectivity index (χ0n) is 12.5. The minimum absolute atomic E-state index is 0.0776. The van der Waals surface area contributed by atoms with E-state index in [-0.39, 0.29) is 12.2 Å². The van der Waals surface area contributed by atoms with Gasteiger partial charge >= 0.3 is 5.97 Å². The number of ether oxygens (including phenoxy) is 1. The number of benzene rings is 2. The molecule has 0 aliphatic carbocycles. The summed E-state index contributed by atoms with van der Waals surface area (Å²) in [5.41, 5.74) is 0.932. The molecule has 2 aromatic rings. The van der Waals surface area contributed by atoms with Crippen LogP contribution in [0.2, 0.25) is 0 Å². The van der Waals surface area contributed by atoms with Gasteiger partial charge in [-0.05, 0) is 29.7 Å². The highest BCUT2D eigenvalue weighted by molar-refractivity contribution is 6.00. The van der Waals surface area contributed by atoms with Crippen LogP contribution in [0.3, 0.4) is 0 Å². The number of carbonyl (C=O) groups is 2. The highest BCUT2D eigenvalue weighted by atomic mass is 16.5. The van der Waals surface area contributed by atoms with E-state index in [0.29, 0.717) is 13.0 Å². The van der Waals surface area contributed by atoms with Gasteiger partial charge in [0.15, 0.2) is 5.78 Å². The quantitative estimate of drug-likeness (QED) is 0.602. The van der Waals surface area contributed by atoms with E-state index < -0.39 is 11.9 Å². The van der Waals surface area contributed by atoms with Gasteiger partial charge in [-0.2, -0.15) is 0 Å². The standard InChI is InChI=1S/C18H20O3/c1-3-16(18(20)21-4-2)17(19)12-13-9-10-14-7-5-6-8-15(14)11-13/h5-11,16H,3-4,12H2,1-2H3. The molecule has 3 nitrogen and oxygen atoms in total. The Balaban J connectivity index is 2.14. The minimum Gasteiger partial charge on any atom is -0.465 e. The number of Topliss-reactive ketones (excluding diaryl/α,β-unsaturated/α-hetero) is 1. The number of fused-ring (bicyclic) bond motifs is 1. The monoisotopic (exact) mass is 284 g/mol. The number of hydrogen-bond acceptors (Lipinski definition) is 3. The topological polar surface area (TPSA) is 43.4 Å². The summed E-state index contributed by atoms with van der Waals surface area (Å²) in [4.78, 5) is 24.1. The van der Waals surface area contributed by atoms with E-state index in [1.54, 1.807) is 6.92 Å². The van der Waals surface area contributed by atoms with E-state index in [4.69, 9.17) is 4.74 Å². The van der Waals surface area contributed by atoms with Crippen molar-refractivity contribution in [3.63, 3.8) is 0 Å². The SMILES string of the molecule is CCOC(=O)C(CC)C(=O)Cc1ccc2ccccc2c1. The highest BCUT2D eigenvalue weighted by Crippen LogP contribution is 2.18. The first-order valence-corrected chi connectivity index (χ1v) is 7.32. The van der Waals surface area contributed by atoms with Crippen molar-refractivity contribution in [2.75, 3.05) is 6.61 Å². The third kappa shape index (κ3) is 3.69. The van der Waals surface area contributed by atoms with Crippen LogP contribution in [0, 0.1) is 5.92 Å². The Bertz CT molecular complexity index is 646. The lowest BCUT2D eigenvalue weighted by molar-refractivity contribution is -0.151. The van der Waals surface area contributed by atoms with Gasteiger partial charge in [0.05, 0.1) is 6.61 Å². The lowest BCUT2D eigenvalue weighted by atomic mass is 9.94. The van der Waals surface area contributed by atoms with Crippen molar-refractivity contribution in [1.29, 1.82) is 0 Å². The summed E-state index contributed by atoms with van der Waals surface area (Å²) in [6.45, 7) is 3.89. The molecule has 2 rings (SSSR count). The largest absolute Gasteiger partial charge is 0.465 e. The minimum atomic E-state index is -0.656. The van der Waals surface area contributed by atoms with Gasteiger partial charge < -0.3 is 4.74 Å². The Morgan fingerprint density at radius 2 is 1.76 bits per heavy atom. The fourth-order valence-corrected chi connectivity index (χ4v) is 2.44. The molecule has 0 radical (unpaired) electrons. The molecular formula is C18H20O3. The van der Waals surface area contributed by atoms with Crippen LogP contribution in [0.15, 0.2) is 42.5 Å². The molecule has 1 unspecified atom stereocenters. The molecule has 0 saturated heterocycles. The van der Waals surface area contributed by atoms with Crippen LogP contribution in [0.5, 0.6) is 0 Å². The fourth-order valence-electron chi connectivity index (χ4n) is 2.44. The third-order valence-corrected chi connectivity index (χ3v) is 3.56. The Hall–Kier alpha value is -2.16. The van der Waals surface area contributed by atoms with Crippen molar-refractivity contribution in [2.24, 2.45) is 5.92 Å². The first-order chi connectivity index (χ1) is 10.2. The Kier molecular flexibility index (Phi) is 5.09. The highest BCUT2D eigenvalue weighted by Gasteiger charge is 2.25. The van der Waals surface area contributed by atoms with Crippen LogP contribution >= 0.6 is 0 Å². The predicted octanol–water partition coefficient (Wildman–Crippen LogP) is 3.54. The number of rotatable bonds is 6. The number of hydrogen-bond donors (Lipinski definition) is 0. The Labute approximate surface area is 124 Å². The second-order valence-electron chi connectivity index (χ2n) is 5.04. The lowest BCUT2D eigenvalue weighted by Gasteiger charge is -2.12. The molecule has 1 atom stereocenters. The zero-order valence-corrected chi connectivity index (χ0v) is 12.5. The summed E-state index contributed by atoms with van der Waals surface area (Å²) >= 11 is 0. The van der Waals surface area contributed by atoms with Gasteiger partial charge in [0.1, 0.15) is 5.92 Å². The smallest absolute Gasteiger partial charge is 0.316 e. The summed E-state index contributed by atoms with van der Waals surface area (Å²) in [5.74, 6) is -1.14. The van der Waals surface area contributed by atoms with E-state index >= 15 is 0 Å². The van der Waals surface area contributed by atoms with E-state index in [1.807, 2.05) is 49.4 Å². The molecule has 0 aromatic heterocycles. The van der Waals surface area contributed by atoms with Gasteiger partial charge in [0.25, 0.3) is 0 Å². The van der Waals surface area contributed by atoms with Crippen LogP contribution in [-0.4, -0.2) is 18.4 Å². The van der Waals surface area contributed by atoms with Crippen LogP contribution in [0.25, 0.3) is 10.8 Å². The molecule has 0 heterocycles. The Morgan fingerprint density at radius 1 is 1.05 bits per heavy atom. The summed E-state index contributed by atoms with van der Waals surface area (Å²) < 4.78 is 4.96. The van der Waals surface area contributed by atoms with Crippen molar-refractivity contribution in [2.45, 2.75) is 26.7 Å². The first-order valence-electron chi connectivity index (χ1n) is 7.32. The summed E-state index contributed by atoms with van der Waals surface area (Å²) in [7, 11) is 0. The molecule has 0 N–H and O–H groups in total. The van der Waals surface area contributed by atoms with Crippen LogP contribution < -0.4 is 0 Å². The van der Waals surface area contributed by atoms with E-state index in [1.165, 1.54) is 0 Å². The maximum atomic E-state index is 12.3. The zero-order chi connectivity index (χ0) is 15.2. The second kappa shape index (κ2) is 7.02. The molecule has 3 heteroatoms. The van der Waals surface area contributed by atoms with E-state index in [9.17, 15) is 9.59 Å². The normalized spacial score (nSPS) is 12.1. The van der Waals surface area contributed by atoms with Gasteiger partial charge in [0.2, 0.25) is 0 Å². The average molecular weight is 284 g/mol. The molecule has 0 bridgehead atoms. The second-order valence-corrected chi connectivity index (χ2v) is 5.04. The molecule has 0 saturated carbocycles. The Morgan fingerprint density at radius 3 is 2.43 bits per heavy atom. The van der Waals surface area contributed by atoms with E-state index in [2.05, 4.69) is 0 Å². The summed E-state index contributed by atoms with van der Waals surface area (Å²) in [6, 6.07) is 14.0. The van der Waals surface area contributed by atoms with Crippen LogP contribution in [0.1, 0.15) is 25.8 Å². The first kappa shape index (κ1) is 15.2. The lowest BCUT2D eigenvalue weighted by Crippen LogP contribution is -2.27. The molecule has 110 valence electrons. The molecule has 0 fully saturated rings. The van der Waals surface area contributed by atoms with Crippen molar-refractivity contribution >= 4 is 22.5 Å². The maximum Gasteiger partial charge on any atom is 0.316 e. The maximum absolute atomic E-state index is 12.3. The third-order valence-electron chi connectivity index (χ3n) is 3.56.